The molecule has 2 aromatic rings. The van der Waals surface area contributed by atoms with E-state index in [1.54, 1.807) is 17.5 Å². The number of hydrogen-bond donors (Lipinski definition) is 2. The molecule has 1 unspecified atom stereocenters. The predicted molar refractivity (Wildman–Crippen MR) is 74.7 cm³/mol. The molecule has 0 aliphatic rings. The quantitative estimate of drug-likeness (QED) is 0.836. The highest BCUT2D eigenvalue weighted by molar-refractivity contribution is 7.09. The van der Waals surface area contributed by atoms with E-state index in [1.165, 1.54) is 7.11 Å². The van der Waals surface area contributed by atoms with E-state index in [1.807, 2.05) is 19.2 Å². The van der Waals surface area contributed by atoms with E-state index in [4.69, 9.17) is 4.74 Å². The van der Waals surface area contributed by atoms with E-state index in [2.05, 4.69) is 30.6 Å². The molecular weight excluding hydrogens is 264 g/mol. The van der Waals surface area contributed by atoms with Gasteiger partial charge in [0.25, 0.3) is 0 Å². The fourth-order valence-electron chi connectivity index (χ4n) is 1.45. The third kappa shape index (κ3) is 3.50. The summed E-state index contributed by atoms with van der Waals surface area (Å²) < 4.78 is 5.06. The molecule has 1 atom stereocenters. The Labute approximate surface area is 115 Å². The van der Waals surface area contributed by atoms with Gasteiger partial charge in [0.15, 0.2) is 0 Å². The Morgan fingerprint density at radius 3 is 2.74 bits per heavy atom. The summed E-state index contributed by atoms with van der Waals surface area (Å²) in [5.74, 6) is 0.952. The van der Waals surface area contributed by atoms with Crippen LogP contribution in [-0.2, 0) is 0 Å². The van der Waals surface area contributed by atoms with Crippen LogP contribution in [0.5, 0.6) is 6.01 Å². The number of thiazole rings is 1. The molecule has 0 amide bonds. The van der Waals surface area contributed by atoms with Crippen molar-refractivity contribution in [1.82, 2.24) is 19.9 Å². The van der Waals surface area contributed by atoms with Gasteiger partial charge in [0.05, 0.1) is 13.2 Å². The third-order valence-corrected chi connectivity index (χ3v) is 3.26. The zero-order valence-electron chi connectivity index (χ0n) is 11.0. The number of anilines is 2. The summed E-state index contributed by atoms with van der Waals surface area (Å²) in [6.07, 6.45) is 1.77. The van der Waals surface area contributed by atoms with Crippen molar-refractivity contribution in [2.24, 2.45) is 0 Å². The molecule has 2 heterocycles. The van der Waals surface area contributed by atoms with Crippen LogP contribution in [0.15, 0.2) is 11.6 Å². The Bertz CT molecular complexity index is 518. The van der Waals surface area contributed by atoms with Crippen LogP contribution >= 0.6 is 11.3 Å². The monoisotopic (exact) mass is 280 g/mol. The first-order chi connectivity index (χ1) is 9.22. The lowest BCUT2D eigenvalue weighted by atomic mass is 10.4. The lowest BCUT2D eigenvalue weighted by molar-refractivity contribution is 0.379. The zero-order valence-corrected chi connectivity index (χ0v) is 11.9. The van der Waals surface area contributed by atoms with Gasteiger partial charge in [-0.05, 0) is 13.8 Å². The summed E-state index contributed by atoms with van der Waals surface area (Å²) in [7, 11) is 1.53. The van der Waals surface area contributed by atoms with Gasteiger partial charge in [-0.25, -0.2) is 4.98 Å². The van der Waals surface area contributed by atoms with Gasteiger partial charge < -0.3 is 15.4 Å². The van der Waals surface area contributed by atoms with Crippen LogP contribution in [0.1, 0.15) is 24.9 Å². The summed E-state index contributed by atoms with van der Waals surface area (Å²) >= 11 is 1.58. The van der Waals surface area contributed by atoms with Crippen LogP contribution in [0.25, 0.3) is 0 Å². The summed E-state index contributed by atoms with van der Waals surface area (Å²) in [6.45, 7) is 4.71. The highest BCUT2D eigenvalue weighted by Gasteiger charge is 2.12. The third-order valence-electron chi connectivity index (χ3n) is 2.30. The molecule has 0 aliphatic carbocycles. The van der Waals surface area contributed by atoms with Crippen molar-refractivity contribution in [3.05, 3.63) is 16.6 Å². The normalized spacial score (nSPS) is 11.9. The van der Waals surface area contributed by atoms with Crippen LogP contribution in [-0.4, -0.2) is 33.6 Å². The number of nitrogens with zero attached hydrogens (tertiary/aromatic N) is 4. The van der Waals surface area contributed by atoms with Crippen LogP contribution in [0.4, 0.5) is 11.9 Å². The lowest BCUT2D eigenvalue weighted by Gasteiger charge is -2.12. The smallest absolute Gasteiger partial charge is 0.322 e. The summed E-state index contributed by atoms with van der Waals surface area (Å²) in [5.41, 5.74) is 0. The van der Waals surface area contributed by atoms with E-state index in [9.17, 15) is 0 Å². The van der Waals surface area contributed by atoms with Crippen LogP contribution < -0.4 is 15.4 Å². The first kappa shape index (κ1) is 13.5. The van der Waals surface area contributed by atoms with Gasteiger partial charge in [0, 0.05) is 18.1 Å². The molecule has 0 fully saturated rings. The standard InChI is InChI=1S/C11H16N6OS/c1-4-12-9-15-10(17-11(16-9)18-3)14-7(2)8-13-5-6-19-8/h5-7H,4H2,1-3H3,(H2,12,14,15,16,17). The van der Waals surface area contributed by atoms with Crippen molar-refractivity contribution < 1.29 is 4.74 Å². The van der Waals surface area contributed by atoms with Crippen molar-refractivity contribution in [3.8, 4) is 6.01 Å². The maximum Gasteiger partial charge on any atom is 0.322 e. The molecule has 7 nitrogen and oxygen atoms in total. The molecule has 2 N–H and O–H groups in total. The lowest BCUT2D eigenvalue weighted by Crippen LogP contribution is -2.12. The number of rotatable bonds is 6. The van der Waals surface area contributed by atoms with Gasteiger partial charge in [-0.15, -0.1) is 11.3 Å². The van der Waals surface area contributed by atoms with E-state index in [0.717, 1.165) is 11.6 Å². The average molecular weight is 280 g/mol. The number of nitrogens with one attached hydrogen (secondary N) is 2. The molecule has 2 aromatic heterocycles. The maximum absolute atomic E-state index is 5.06. The first-order valence-corrected chi connectivity index (χ1v) is 6.80. The molecule has 0 saturated carbocycles. The Morgan fingerprint density at radius 1 is 1.32 bits per heavy atom. The SMILES string of the molecule is CCNc1nc(NC(C)c2nccs2)nc(OC)n1. The van der Waals surface area contributed by atoms with Gasteiger partial charge in [0.2, 0.25) is 11.9 Å². The van der Waals surface area contributed by atoms with Gasteiger partial charge in [0.1, 0.15) is 5.01 Å². The van der Waals surface area contributed by atoms with Crippen molar-refractivity contribution in [1.29, 1.82) is 0 Å². The van der Waals surface area contributed by atoms with Crippen molar-refractivity contribution >= 4 is 23.2 Å². The number of methoxy groups -OCH3 is 1. The second kappa shape index (κ2) is 6.28. The molecule has 0 spiro atoms. The van der Waals surface area contributed by atoms with Crippen molar-refractivity contribution in [3.63, 3.8) is 0 Å². The Hall–Kier alpha value is -1.96. The summed E-state index contributed by atoms with van der Waals surface area (Å²) in [5, 5.41) is 9.13. The molecule has 0 aliphatic heterocycles. The maximum atomic E-state index is 5.06. The number of ether oxygens (including phenoxy) is 1. The highest BCUT2D eigenvalue weighted by atomic mass is 32.1. The Kier molecular flexibility index (Phi) is 4.45. The summed E-state index contributed by atoms with van der Waals surface area (Å²) in [6, 6.07) is 0.307. The largest absolute Gasteiger partial charge is 0.467 e. The van der Waals surface area contributed by atoms with Crippen LogP contribution in [0, 0.1) is 0 Å². The second-order valence-corrected chi connectivity index (χ2v) is 4.66. The topological polar surface area (TPSA) is 84.9 Å². The molecule has 0 radical (unpaired) electrons. The van der Waals surface area contributed by atoms with E-state index >= 15 is 0 Å². The van der Waals surface area contributed by atoms with Crippen LogP contribution in [0.2, 0.25) is 0 Å². The fraction of sp³-hybridized carbons (Fsp3) is 0.455. The molecule has 0 aromatic carbocycles. The molecule has 2 rings (SSSR count). The van der Waals surface area contributed by atoms with Gasteiger partial charge >= 0.3 is 6.01 Å². The van der Waals surface area contributed by atoms with Gasteiger partial charge in [-0.1, -0.05) is 0 Å². The first-order valence-electron chi connectivity index (χ1n) is 5.92. The zero-order chi connectivity index (χ0) is 13.7. The van der Waals surface area contributed by atoms with Crippen molar-refractivity contribution in [2.45, 2.75) is 19.9 Å². The van der Waals surface area contributed by atoms with E-state index in [0.29, 0.717) is 11.9 Å². The highest BCUT2D eigenvalue weighted by Crippen LogP contribution is 2.20. The number of aromatic nitrogens is 4. The molecule has 8 heteroatoms. The van der Waals surface area contributed by atoms with Crippen LogP contribution in [0.3, 0.4) is 0 Å². The predicted octanol–water partition coefficient (Wildman–Crippen LogP) is 1.94. The summed E-state index contributed by atoms with van der Waals surface area (Å²) in [4.78, 5) is 16.8. The Balaban J connectivity index is 2.16. The van der Waals surface area contributed by atoms with Gasteiger partial charge in [-0.2, -0.15) is 15.0 Å². The van der Waals surface area contributed by atoms with E-state index in [-0.39, 0.29) is 12.1 Å². The minimum absolute atomic E-state index is 0.0292. The molecule has 19 heavy (non-hydrogen) atoms. The average Bonchev–Trinajstić information content (AvgIpc) is 2.92. The van der Waals surface area contributed by atoms with E-state index < -0.39 is 0 Å². The minimum atomic E-state index is 0.0292. The molecular formula is C11H16N6OS. The molecule has 102 valence electrons. The fourth-order valence-corrected chi connectivity index (χ4v) is 2.10. The van der Waals surface area contributed by atoms with Crippen molar-refractivity contribution in [2.75, 3.05) is 24.3 Å². The molecule has 0 saturated heterocycles. The second-order valence-electron chi connectivity index (χ2n) is 3.74. The Morgan fingerprint density at radius 2 is 2.11 bits per heavy atom. The molecule has 0 bridgehead atoms. The number of hydrogen-bond acceptors (Lipinski definition) is 8. The minimum Gasteiger partial charge on any atom is -0.467 e. The van der Waals surface area contributed by atoms with Gasteiger partial charge in [-0.3, -0.25) is 0 Å².